The molecule has 20 heavy (non-hydrogen) atoms. The van der Waals surface area contributed by atoms with Gasteiger partial charge in [-0.1, -0.05) is 40.2 Å². The third-order valence-corrected chi connectivity index (χ3v) is 3.43. The van der Waals surface area contributed by atoms with Crippen LogP contribution in [0.25, 0.3) is 10.9 Å². The third-order valence-electron chi connectivity index (χ3n) is 2.94. The molecule has 0 aliphatic rings. The van der Waals surface area contributed by atoms with Crippen molar-refractivity contribution in [2.45, 2.75) is 0 Å². The topological polar surface area (TPSA) is 42.0 Å². The van der Waals surface area contributed by atoms with E-state index in [0.29, 0.717) is 11.3 Å². The van der Waals surface area contributed by atoms with Crippen LogP contribution in [0.2, 0.25) is 0 Å². The summed E-state index contributed by atoms with van der Waals surface area (Å²) in [5.41, 5.74) is 2.20. The first kappa shape index (κ1) is 12.8. The molecule has 0 bridgehead atoms. The van der Waals surface area contributed by atoms with Gasteiger partial charge in [-0.3, -0.25) is 9.78 Å². The summed E-state index contributed by atoms with van der Waals surface area (Å²) in [5, 5.41) is 3.85. The SMILES string of the molecule is O=C(Nc1cnc2ccccc2c1)c1cccc(Br)c1. The van der Waals surface area contributed by atoms with Gasteiger partial charge >= 0.3 is 0 Å². The summed E-state index contributed by atoms with van der Waals surface area (Å²) < 4.78 is 0.877. The number of benzene rings is 2. The van der Waals surface area contributed by atoms with Crippen molar-refractivity contribution < 1.29 is 4.79 Å². The summed E-state index contributed by atoms with van der Waals surface area (Å²) in [6.07, 6.45) is 1.66. The summed E-state index contributed by atoms with van der Waals surface area (Å²) in [7, 11) is 0. The smallest absolute Gasteiger partial charge is 0.255 e. The number of nitrogens with one attached hydrogen (secondary N) is 1. The van der Waals surface area contributed by atoms with Crippen LogP contribution in [0.3, 0.4) is 0 Å². The van der Waals surface area contributed by atoms with E-state index < -0.39 is 0 Å². The predicted octanol–water partition coefficient (Wildman–Crippen LogP) is 4.25. The minimum atomic E-state index is -0.150. The minimum absolute atomic E-state index is 0.150. The molecule has 0 fully saturated rings. The maximum absolute atomic E-state index is 12.1. The van der Waals surface area contributed by atoms with E-state index in [1.165, 1.54) is 0 Å². The van der Waals surface area contributed by atoms with Crippen LogP contribution in [0.5, 0.6) is 0 Å². The van der Waals surface area contributed by atoms with E-state index in [0.717, 1.165) is 15.4 Å². The molecule has 0 radical (unpaired) electrons. The summed E-state index contributed by atoms with van der Waals surface area (Å²) in [6.45, 7) is 0. The molecule has 0 aliphatic carbocycles. The number of rotatable bonds is 2. The number of para-hydroxylation sites is 1. The van der Waals surface area contributed by atoms with Crippen molar-refractivity contribution in [3.63, 3.8) is 0 Å². The van der Waals surface area contributed by atoms with E-state index in [1.54, 1.807) is 18.3 Å². The van der Waals surface area contributed by atoms with Gasteiger partial charge in [0.05, 0.1) is 17.4 Å². The molecule has 0 aliphatic heterocycles. The van der Waals surface area contributed by atoms with Gasteiger partial charge in [-0.2, -0.15) is 0 Å². The van der Waals surface area contributed by atoms with Gasteiger partial charge in [-0.25, -0.2) is 0 Å². The molecule has 2 aromatic carbocycles. The quantitative estimate of drug-likeness (QED) is 0.764. The second-order valence-corrected chi connectivity index (χ2v) is 5.30. The van der Waals surface area contributed by atoms with Crippen LogP contribution < -0.4 is 5.32 Å². The first-order valence-electron chi connectivity index (χ1n) is 6.14. The zero-order valence-corrected chi connectivity index (χ0v) is 12.1. The van der Waals surface area contributed by atoms with Crippen molar-refractivity contribution in [1.29, 1.82) is 0 Å². The lowest BCUT2D eigenvalue weighted by Crippen LogP contribution is -2.11. The molecule has 98 valence electrons. The molecule has 1 heterocycles. The number of pyridine rings is 1. The Labute approximate surface area is 124 Å². The summed E-state index contributed by atoms with van der Waals surface area (Å²) >= 11 is 3.36. The highest BCUT2D eigenvalue weighted by Gasteiger charge is 2.07. The summed E-state index contributed by atoms with van der Waals surface area (Å²) in [4.78, 5) is 16.5. The van der Waals surface area contributed by atoms with Gasteiger partial charge < -0.3 is 5.32 Å². The lowest BCUT2D eigenvalue weighted by molar-refractivity contribution is 0.102. The minimum Gasteiger partial charge on any atom is -0.321 e. The largest absolute Gasteiger partial charge is 0.321 e. The molecular weight excluding hydrogens is 316 g/mol. The zero-order valence-electron chi connectivity index (χ0n) is 10.5. The first-order chi connectivity index (χ1) is 9.72. The van der Waals surface area contributed by atoms with Gasteiger partial charge in [0.1, 0.15) is 0 Å². The number of hydrogen-bond donors (Lipinski definition) is 1. The first-order valence-corrected chi connectivity index (χ1v) is 6.93. The maximum atomic E-state index is 12.1. The van der Waals surface area contributed by atoms with Crippen molar-refractivity contribution in [1.82, 2.24) is 4.98 Å². The van der Waals surface area contributed by atoms with Crippen LogP contribution in [0, 0.1) is 0 Å². The van der Waals surface area contributed by atoms with E-state index in [4.69, 9.17) is 0 Å². The van der Waals surface area contributed by atoms with E-state index in [9.17, 15) is 4.79 Å². The van der Waals surface area contributed by atoms with Gasteiger partial charge in [0.15, 0.2) is 0 Å². The van der Waals surface area contributed by atoms with Crippen LogP contribution in [0.15, 0.2) is 65.3 Å². The van der Waals surface area contributed by atoms with Crippen LogP contribution in [-0.2, 0) is 0 Å². The van der Waals surface area contributed by atoms with Crippen molar-refractivity contribution in [3.8, 4) is 0 Å². The normalized spacial score (nSPS) is 10.4. The molecule has 3 nitrogen and oxygen atoms in total. The number of nitrogens with zero attached hydrogens (tertiary/aromatic N) is 1. The van der Waals surface area contributed by atoms with Gasteiger partial charge in [-0.05, 0) is 30.3 Å². The molecule has 3 rings (SSSR count). The Bertz CT molecular complexity index is 786. The number of fused-ring (bicyclic) bond motifs is 1. The number of hydrogen-bond acceptors (Lipinski definition) is 2. The molecule has 0 saturated heterocycles. The lowest BCUT2D eigenvalue weighted by atomic mass is 10.2. The fourth-order valence-electron chi connectivity index (χ4n) is 1.97. The van der Waals surface area contributed by atoms with Crippen molar-refractivity contribution in [2.24, 2.45) is 0 Å². The number of anilines is 1. The Balaban J connectivity index is 1.87. The molecule has 0 atom stereocenters. The molecule has 1 amide bonds. The Morgan fingerprint density at radius 1 is 1.05 bits per heavy atom. The van der Waals surface area contributed by atoms with Crippen molar-refractivity contribution >= 4 is 38.4 Å². The van der Waals surface area contributed by atoms with Gasteiger partial charge in [-0.15, -0.1) is 0 Å². The lowest BCUT2D eigenvalue weighted by Gasteiger charge is -2.06. The number of carbonyl (C=O) groups excluding carboxylic acids is 1. The monoisotopic (exact) mass is 326 g/mol. The van der Waals surface area contributed by atoms with E-state index in [2.05, 4.69) is 26.2 Å². The van der Waals surface area contributed by atoms with Gasteiger partial charge in [0.25, 0.3) is 5.91 Å². The number of amides is 1. The standard InChI is InChI=1S/C16H11BrN2O/c17-13-6-3-5-12(8-13)16(20)19-14-9-11-4-1-2-7-15(11)18-10-14/h1-10H,(H,19,20). The average molecular weight is 327 g/mol. The molecule has 0 spiro atoms. The Kier molecular flexibility index (Phi) is 3.48. The van der Waals surface area contributed by atoms with Crippen LogP contribution in [-0.4, -0.2) is 10.9 Å². The third kappa shape index (κ3) is 2.70. The molecule has 1 aromatic heterocycles. The summed E-state index contributed by atoms with van der Waals surface area (Å²) in [6, 6.07) is 17.0. The van der Waals surface area contributed by atoms with Crippen molar-refractivity contribution in [3.05, 3.63) is 70.8 Å². The Morgan fingerprint density at radius 3 is 2.75 bits per heavy atom. The number of carbonyl (C=O) groups is 1. The fraction of sp³-hybridized carbons (Fsp3) is 0. The molecule has 3 aromatic rings. The highest BCUT2D eigenvalue weighted by Crippen LogP contribution is 2.17. The second kappa shape index (κ2) is 5.43. The van der Waals surface area contributed by atoms with Gasteiger partial charge in [0, 0.05) is 15.4 Å². The zero-order chi connectivity index (χ0) is 13.9. The highest BCUT2D eigenvalue weighted by atomic mass is 79.9. The summed E-state index contributed by atoms with van der Waals surface area (Å²) in [5.74, 6) is -0.150. The maximum Gasteiger partial charge on any atom is 0.255 e. The van der Waals surface area contributed by atoms with Crippen LogP contribution in [0.1, 0.15) is 10.4 Å². The van der Waals surface area contributed by atoms with E-state index in [1.807, 2.05) is 42.5 Å². The van der Waals surface area contributed by atoms with E-state index in [-0.39, 0.29) is 5.91 Å². The molecule has 0 saturated carbocycles. The van der Waals surface area contributed by atoms with Crippen LogP contribution >= 0.6 is 15.9 Å². The van der Waals surface area contributed by atoms with E-state index >= 15 is 0 Å². The average Bonchev–Trinajstić information content (AvgIpc) is 2.47. The highest BCUT2D eigenvalue weighted by molar-refractivity contribution is 9.10. The Hall–Kier alpha value is -2.20. The Morgan fingerprint density at radius 2 is 1.90 bits per heavy atom. The number of halogens is 1. The molecular formula is C16H11BrN2O. The number of aromatic nitrogens is 1. The molecule has 1 N–H and O–H groups in total. The molecule has 4 heteroatoms. The van der Waals surface area contributed by atoms with Crippen LogP contribution in [0.4, 0.5) is 5.69 Å². The predicted molar refractivity (Wildman–Crippen MR) is 83.8 cm³/mol. The molecule has 0 unspecified atom stereocenters. The second-order valence-electron chi connectivity index (χ2n) is 4.38. The fourth-order valence-corrected chi connectivity index (χ4v) is 2.37. The van der Waals surface area contributed by atoms with Gasteiger partial charge in [0.2, 0.25) is 0 Å². The van der Waals surface area contributed by atoms with Crippen molar-refractivity contribution in [2.75, 3.05) is 5.32 Å².